The van der Waals surface area contributed by atoms with Gasteiger partial charge in [0.25, 0.3) is 5.91 Å². The first-order valence-corrected chi connectivity index (χ1v) is 10.3. The van der Waals surface area contributed by atoms with Gasteiger partial charge < -0.3 is 20.3 Å². The fourth-order valence-corrected chi connectivity index (χ4v) is 3.86. The highest BCUT2D eigenvalue weighted by Gasteiger charge is 2.31. The zero-order valence-electron chi connectivity index (χ0n) is 17.4. The SMILES string of the molecule is CC(=O)Nc1cc(C(=O)N[C@@H]2CCCN(c3ccc(OC(F)(F)F)cc3Cl)C2)cc(C)n1. The molecule has 0 saturated carbocycles. The second kappa shape index (κ2) is 9.64. The summed E-state index contributed by atoms with van der Waals surface area (Å²) in [6, 6.07) is 6.73. The van der Waals surface area contributed by atoms with Crippen LogP contribution in [0.1, 0.15) is 35.8 Å². The Bertz CT molecular complexity index is 1020. The monoisotopic (exact) mass is 470 g/mol. The van der Waals surface area contributed by atoms with Crippen LogP contribution in [-0.4, -0.2) is 42.3 Å². The highest BCUT2D eigenvalue weighted by Crippen LogP contribution is 2.33. The van der Waals surface area contributed by atoms with E-state index in [1.165, 1.54) is 25.1 Å². The van der Waals surface area contributed by atoms with Crippen LogP contribution < -0.4 is 20.3 Å². The van der Waals surface area contributed by atoms with Crippen molar-refractivity contribution in [2.24, 2.45) is 0 Å². The third-order valence-electron chi connectivity index (χ3n) is 4.77. The summed E-state index contributed by atoms with van der Waals surface area (Å²) in [7, 11) is 0. The zero-order valence-corrected chi connectivity index (χ0v) is 18.2. The predicted octanol–water partition coefficient (Wildman–Crippen LogP) is 4.30. The van der Waals surface area contributed by atoms with Gasteiger partial charge in [-0.2, -0.15) is 0 Å². The number of carbonyl (C=O) groups is 2. The van der Waals surface area contributed by atoms with Crippen molar-refractivity contribution >= 4 is 34.9 Å². The molecule has 1 atom stereocenters. The summed E-state index contributed by atoms with van der Waals surface area (Å²) in [5, 5.41) is 5.66. The van der Waals surface area contributed by atoms with Gasteiger partial charge in [-0.1, -0.05) is 11.6 Å². The number of nitrogens with zero attached hydrogens (tertiary/aromatic N) is 2. The van der Waals surface area contributed by atoms with E-state index in [4.69, 9.17) is 11.6 Å². The fourth-order valence-electron chi connectivity index (χ4n) is 3.57. The second-order valence-corrected chi connectivity index (χ2v) is 7.89. The maximum absolute atomic E-state index is 12.8. The number of pyridine rings is 1. The number of nitrogens with one attached hydrogen (secondary N) is 2. The molecule has 172 valence electrons. The zero-order chi connectivity index (χ0) is 23.5. The molecule has 0 bridgehead atoms. The molecule has 2 amide bonds. The lowest BCUT2D eigenvalue weighted by Gasteiger charge is -2.35. The van der Waals surface area contributed by atoms with Crippen LogP contribution in [0.2, 0.25) is 5.02 Å². The number of aromatic nitrogens is 1. The molecule has 1 aliphatic rings. The van der Waals surface area contributed by atoms with E-state index in [-0.39, 0.29) is 22.9 Å². The number of hydrogen-bond donors (Lipinski definition) is 2. The van der Waals surface area contributed by atoms with Crippen LogP contribution in [0.25, 0.3) is 0 Å². The Morgan fingerprint density at radius 1 is 1.25 bits per heavy atom. The molecule has 0 radical (unpaired) electrons. The Morgan fingerprint density at radius 2 is 2.00 bits per heavy atom. The van der Waals surface area contributed by atoms with Gasteiger partial charge in [-0.05, 0) is 44.0 Å². The van der Waals surface area contributed by atoms with Crippen LogP contribution in [-0.2, 0) is 4.79 Å². The van der Waals surface area contributed by atoms with Gasteiger partial charge in [-0.3, -0.25) is 9.59 Å². The molecule has 1 aromatic carbocycles. The minimum Gasteiger partial charge on any atom is -0.406 e. The largest absolute Gasteiger partial charge is 0.573 e. The molecular weight excluding hydrogens is 449 g/mol. The van der Waals surface area contributed by atoms with Gasteiger partial charge >= 0.3 is 6.36 Å². The smallest absolute Gasteiger partial charge is 0.406 e. The van der Waals surface area contributed by atoms with Gasteiger partial charge in [-0.15, -0.1) is 13.2 Å². The maximum atomic E-state index is 12.8. The lowest BCUT2D eigenvalue weighted by atomic mass is 10.0. The first-order valence-electron chi connectivity index (χ1n) is 9.87. The fraction of sp³-hybridized carbons (Fsp3) is 0.381. The molecule has 1 fully saturated rings. The van der Waals surface area contributed by atoms with E-state index in [0.717, 1.165) is 18.9 Å². The van der Waals surface area contributed by atoms with Crippen molar-refractivity contribution in [3.8, 4) is 5.75 Å². The average molecular weight is 471 g/mol. The Kier molecular flexibility index (Phi) is 7.12. The van der Waals surface area contributed by atoms with Gasteiger partial charge in [0.15, 0.2) is 0 Å². The predicted molar refractivity (Wildman–Crippen MR) is 114 cm³/mol. The lowest BCUT2D eigenvalue weighted by Crippen LogP contribution is -2.48. The highest BCUT2D eigenvalue weighted by molar-refractivity contribution is 6.33. The molecule has 2 N–H and O–H groups in total. The number of carbonyl (C=O) groups excluding carboxylic acids is 2. The van der Waals surface area contributed by atoms with Gasteiger partial charge in [0.1, 0.15) is 11.6 Å². The van der Waals surface area contributed by atoms with Crippen molar-refractivity contribution in [1.29, 1.82) is 0 Å². The minimum atomic E-state index is -4.80. The van der Waals surface area contributed by atoms with Gasteiger partial charge in [-0.25, -0.2) is 4.98 Å². The van der Waals surface area contributed by atoms with Crippen LogP contribution in [0.15, 0.2) is 30.3 Å². The lowest BCUT2D eigenvalue weighted by molar-refractivity contribution is -0.274. The molecule has 11 heteroatoms. The minimum absolute atomic E-state index is 0.128. The first kappa shape index (κ1) is 23.6. The number of piperidine rings is 1. The van der Waals surface area contributed by atoms with E-state index in [9.17, 15) is 22.8 Å². The van der Waals surface area contributed by atoms with Gasteiger partial charge in [0, 0.05) is 43.4 Å². The highest BCUT2D eigenvalue weighted by atomic mass is 35.5. The van der Waals surface area contributed by atoms with Crippen molar-refractivity contribution < 1.29 is 27.5 Å². The van der Waals surface area contributed by atoms with Crippen molar-refractivity contribution in [2.75, 3.05) is 23.3 Å². The number of anilines is 2. The summed E-state index contributed by atoms with van der Waals surface area (Å²) in [5.74, 6) is -0.702. The standard InChI is InChI=1S/C21H22ClF3N4O3/c1-12-8-14(9-19(26-12)27-13(2)30)20(31)28-15-4-3-7-29(11-15)18-6-5-16(10-17(18)22)32-21(23,24)25/h5-6,8-10,15H,3-4,7,11H2,1-2H3,(H,28,31)(H,26,27,30)/t15-/m1/s1. The average Bonchev–Trinajstić information content (AvgIpc) is 2.66. The second-order valence-electron chi connectivity index (χ2n) is 7.48. The molecular formula is C21H22ClF3N4O3. The molecule has 3 rings (SSSR count). The normalized spacial score (nSPS) is 16.4. The molecule has 0 aliphatic carbocycles. The van der Waals surface area contributed by atoms with Gasteiger partial charge in [0.2, 0.25) is 5.91 Å². The summed E-state index contributed by atoms with van der Waals surface area (Å²) in [4.78, 5) is 30.1. The van der Waals surface area contributed by atoms with Gasteiger partial charge in [0.05, 0.1) is 10.7 Å². The third kappa shape index (κ3) is 6.49. The molecule has 7 nitrogen and oxygen atoms in total. The van der Waals surface area contributed by atoms with E-state index in [1.54, 1.807) is 13.0 Å². The van der Waals surface area contributed by atoms with Crippen molar-refractivity contribution in [1.82, 2.24) is 10.3 Å². The summed E-state index contributed by atoms with van der Waals surface area (Å²) in [6.07, 6.45) is -3.30. The van der Waals surface area contributed by atoms with E-state index < -0.39 is 12.1 Å². The Hall–Kier alpha value is -3.01. The van der Waals surface area contributed by atoms with E-state index in [2.05, 4.69) is 20.4 Å². The van der Waals surface area contributed by atoms with Crippen molar-refractivity contribution in [3.63, 3.8) is 0 Å². The molecule has 0 unspecified atom stereocenters. The summed E-state index contributed by atoms with van der Waals surface area (Å²) in [6.45, 7) is 4.16. The van der Waals surface area contributed by atoms with Crippen LogP contribution in [0.4, 0.5) is 24.7 Å². The number of alkyl halides is 3. The molecule has 0 spiro atoms. The topological polar surface area (TPSA) is 83.6 Å². The molecule has 2 heterocycles. The van der Waals surface area contributed by atoms with Crippen molar-refractivity contribution in [2.45, 2.75) is 39.1 Å². The van der Waals surface area contributed by atoms with Crippen molar-refractivity contribution in [3.05, 3.63) is 46.6 Å². The summed E-state index contributed by atoms with van der Waals surface area (Å²) >= 11 is 6.20. The van der Waals surface area contributed by atoms with Crippen LogP contribution >= 0.6 is 11.6 Å². The Balaban J connectivity index is 1.68. The summed E-state index contributed by atoms with van der Waals surface area (Å²) in [5.41, 5.74) is 1.51. The number of benzene rings is 1. The molecule has 2 aromatic rings. The Morgan fingerprint density at radius 3 is 2.66 bits per heavy atom. The quantitative estimate of drug-likeness (QED) is 0.680. The Labute approximate surface area is 187 Å². The van der Waals surface area contributed by atoms with Crippen LogP contribution in [0.5, 0.6) is 5.75 Å². The molecule has 1 saturated heterocycles. The molecule has 1 aromatic heterocycles. The molecule has 1 aliphatic heterocycles. The van der Waals surface area contributed by atoms with E-state index >= 15 is 0 Å². The first-order chi connectivity index (χ1) is 15.0. The van der Waals surface area contributed by atoms with Crippen LogP contribution in [0.3, 0.4) is 0 Å². The third-order valence-corrected chi connectivity index (χ3v) is 5.07. The van der Waals surface area contributed by atoms with E-state index in [1.807, 2.05) is 4.90 Å². The number of aryl methyl sites for hydroxylation is 1. The van der Waals surface area contributed by atoms with Crippen LogP contribution in [0, 0.1) is 6.92 Å². The number of amides is 2. The summed E-state index contributed by atoms with van der Waals surface area (Å²) < 4.78 is 41.1. The number of halogens is 4. The number of ether oxygens (including phenoxy) is 1. The molecule has 32 heavy (non-hydrogen) atoms. The maximum Gasteiger partial charge on any atom is 0.573 e. The van der Waals surface area contributed by atoms with E-state index in [0.29, 0.717) is 35.9 Å². The number of hydrogen-bond acceptors (Lipinski definition) is 5. The number of rotatable bonds is 5.